The van der Waals surface area contributed by atoms with Gasteiger partial charge < -0.3 is 5.73 Å². The number of rotatable bonds is 4. The van der Waals surface area contributed by atoms with E-state index in [-0.39, 0.29) is 4.21 Å². The zero-order valence-electron chi connectivity index (χ0n) is 10.2. The van der Waals surface area contributed by atoms with Gasteiger partial charge >= 0.3 is 0 Å². The Balaban J connectivity index is 2.22. The van der Waals surface area contributed by atoms with Gasteiger partial charge in [-0.15, -0.1) is 11.3 Å². The van der Waals surface area contributed by atoms with Gasteiger partial charge in [0, 0.05) is 29.1 Å². The fourth-order valence-corrected chi connectivity index (χ4v) is 4.49. The van der Waals surface area contributed by atoms with Gasteiger partial charge in [0.25, 0.3) is 10.0 Å². The summed E-state index contributed by atoms with van der Waals surface area (Å²) in [5.41, 5.74) is 6.96. The van der Waals surface area contributed by atoms with Crippen molar-refractivity contribution in [2.24, 2.45) is 0 Å². The SMILES string of the molecule is CN(Cc1cccc(Br)c1)S(=O)(=O)c1cc(N)cs1. The largest absolute Gasteiger partial charge is 0.398 e. The van der Waals surface area contributed by atoms with Gasteiger partial charge in [0.2, 0.25) is 0 Å². The number of anilines is 1. The summed E-state index contributed by atoms with van der Waals surface area (Å²) in [6.07, 6.45) is 0. The molecule has 0 saturated carbocycles. The van der Waals surface area contributed by atoms with Crippen molar-refractivity contribution in [3.63, 3.8) is 0 Å². The molecule has 1 aromatic heterocycles. The number of sulfonamides is 1. The van der Waals surface area contributed by atoms with Crippen LogP contribution in [0, 0.1) is 0 Å². The van der Waals surface area contributed by atoms with Gasteiger partial charge in [-0.05, 0) is 23.8 Å². The van der Waals surface area contributed by atoms with E-state index in [4.69, 9.17) is 5.73 Å². The van der Waals surface area contributed by atoms with Crippen LogP contribution in [0.3, 0.4) is 0 Å². The van der Waals surface area contributed by atoms with Gasteiger partial charge in [-0.2, -0.15) is 4.31 Å². The minimum absolute atomic E-state index is 0.266. The molecule has 0 radical (unpaired) electrons. The molecule has 19 heavy (non-hydrogen) atoms. The highest BCUT2D eigenvalue weighted by atomic mass is 79.9. The predicted octanol–water partition coefficient (Wildman–Crippen LogP) is 2.91. The fourth-order valence-electron chi connectivity index (χ4n) is 1.60. The van der Waals surface area contributed by atoms with Crippen molar-refractivity contribution in [1.29, 1.82) is 0 Å². The summed E-state index contributed by atoms with van der Waals surface area (Å²) in [4.78, 5) is 0. The smallest absolute Gasteiger partial charge is 0.252 e. The lowest BCUT2D eigenvalue weighted by Crippen LogP contribution is -2.25. The van der Waals surface area contributed by atoms with E-state index in [1.165, 1.54) is 10.4 Å². The predicted molar refractivity (Wildman–Crippen MR) is 81.5 cm³/mol. The van der Waals surface area contributed by atoms with Crippen LogP contribution in [0.1, 0.15) is 5.56 Å². The fraction of sp³-hybridized carbons (Fsp3) is 0.167. The van der Waals surface area contributed by atoms with Gasteiger partial charge in [-0.25, -0.2) is 8.42 Å². The summed E-state index contributed by atoms with van der Waals surface area (Å²) in [5, 5.41) is 1.62. The first-order chi connectivity index (χ1) is 8.89. The van der Waals surface area contributed by atoms with E-state index in [9.17, 15) is 8.42 Å². The first-order valence-electron chi connectivity index (χ1n) is 5.44. The molecule has 102 valence electrons. The maximum Gasteiger partial charge on any atom is 0.252 e. The van der Waals surface area contributed by atoms with Crippen LogP contribution in [-0.2, 0) is 16.6 Å². The molecular formula is C12H13BrN2O2S2. The summed E-state index contributed by atoms with van der Waals surface area (Å²) in [6.45, 7) is 0.319. The number of halogens is 1. The molecule has 0 saturated heterocycles. The monoisotopic (exact) mass is 360 g/mol. The van der Waals surface area contributed by atoms with Crippen LogP contribution >= 0.6 is 27.3 Å². The molecule has 0 aliphatic carbocycles. The van der Waals surface area contributed by atoms with Gasteiger partial charge in [0.1, 0.15) is 4.21 Å². The van der Waals surface area contributed by atoms with Crippen molar-refractivity contribution in [1.82, 2.24) is 4.31 Å². The third-order valence-corrected chi connectivity index (χ3v) is 6.28. The molecule has 0 fully saturated rings. The zero-order valence-corrected chi connectivity index (χ0v) is 13.4. The Morgan fingerprint density at radius 1 is 1.37 bits per heavy atom. The number of nitrogens with zero attached hydrogens (tertiary/aromatic N) is 1. The zero-order chi connectivity index (χ0) is 14.0. The molecule has 7 heteroatoms. The number of hydrogen-bond donors (Lipinski definition) is 1. The van der Waals surface area contributed by atoms with Crippen LogP contribution in [0.2, 0.25) is 0 Å². The number of nitrogen functional groups attached to an aromatic ring is 1. The molecule has 0 spiro atoms. The molecule has 0 unspecified atom stereocenters. The lowest BCUT2D eigenvalue weighted by Gasteiger charge is -2.16. The second-order valence-electron chi connectivity index (χ2n) is 4.09. The molecule has 0 atom stereocenters. The number of thiophene rings is 1. The van der Waals surface area contributed by atoms with Crippen LogP contribution in [-0.4, -0.2) is 19.8 Å². The molecule has 0 aliphatic heterocycles. The molecule has 1 heterocycles. The van der Waals surface area contributed by atoms with Crippen molar-refractivity contribution in [2.45, 2.75) is 10.8 Å². The topological polar surface area (TPSA) is 63.4 Å². The van der Waals surface area contributed by atoms with Gasteiger partial charge in [0.15, 0.2) is 0 Å². The molecule has 0 bridgehead atoms. The Labute approximate surface area is 125 Å². The van der Waals surface area contributed by atoms with Crippen molar-refractivity contribution in [2.75, 3.05) is 12.8 Å². The molecule has 1 aromatic carbocycles. The highest BCUT2D eigenvalue weighted by molar-refractivity contribution is 9.10. The second-order valence-corrected chi connectivity index (χ2v) is 8.19. The Kier molecular flexibility index (Phi) is 4.29. The van der Waals surface area contributed by atoms with Crippen LogP contribution < -0.4 is 5.73 Å². The third kappa shape index (κ3) is 3.36. The summed E-state index contributed by atoms with van der Waals surface area (Å²) in [6, 6.07) is 9.05. The van der Waals surface area contributed by atoms with Crippen LogP contribution in [0.4, 0.5) is 5.69 Å². The first kappa shape index (κ1) is 14.5. The number of benzene rings is 1. The van der Waals surface area contributed by atoms with E-state index >= 15 is 0 Å². The van der Waals surface area contributed by atoms with E-state index in [0.29, 0.717) is 12.2 Å². The molecule has 2 rings (SSSR count). The standard InChI is InChI=1S/C12H13BrN2O2S2/c1-15(7-9-3-2-4-10(13)5-9)19(16,17)12-6-11(14)8-18-12/h2-6,8H,7,14H2,1H3. The Morgan fingerprint density at radius 2 is 2.11 bits per heavy atom. The van der Waals surface area contributed by atoms with Crippen molar-refractivity contribution in [3.8, 4) is 0 Å². The number of hydrogen-bond acceptors (Lipinski definition) is 4. The Morgan fingerprint density at radius 3 is 2.68 bits per heavy atom. The lowest BCUT2D eigenvalue weighted by atomic mass is 10.2. The van der Waals surface area contributed by atoms with Crippen LogP contribution in [0.15, 0.2) is 44.4 Å². The summed E-state index contributed by atoms with van der Waals surface area (Å²) in [5.74, 6) is 0. The van der Waals surface area contributed by atoms with E-state index < -0.39 is 10.0 Å². The summed E-state index contributed by atoms with van der Waals surface area (Å²) in [7, 11) is -1.91. The molecule has 4 nitrogen and oxygen atoms in total. The summed E-state index contributed by atoms with van der Waals surface area (Å²) < 4.78 is 27.1. The van der Waals surface area contributed by atoms with Gasteiger partial charge in [-0.1, -0.05) is 28.1 Å². The minimum atomic E-state index is -3.47. The molecule has 0 aliphatic rings. The highest BCUT2D eigenvalue weighted by Crippen LogP contribution is 2.25. The summed E-state index contributed by atoms with van der Waals surface area (Å²) >= 11 is 4.50. The first-order valence-corrected chi connectivity index (χ1v) is 8.55. The van der Waals surface area contributed by atoms with E-state index in [0.717, 1.165) is 21.4 Å². The molecule has 2 aromatic rings. The van der Waals surface area contributed by atoms with E-state index in [1.807, 2.05) is 24.3 Å². The van der Waals surface area contributed by atoms with Crippen LogP contribution in [0.25, 0.3) is 0 Å². The second kappa shape index (κ2) is 5.62. The maximum atomic E-state index is 12.3. The number of nitrogens with two attached hydrogens (primary N) is 1. The Bertz CT molecular complexity index is 683. The molecule has 2 N–H and O–H groups in total. The quantitative estimate of drug-likeness (QED) is 0.911. The molecule has 0 amide bonds. The minimum Gasteiger partial charge on any atom is -0.398 e. The maximum absolute atomic E-state index is 12.3. The van der Waals surface area contributed by atoms with Crippen molar-refractivity contribution >= 4 is 43.0 Å². The highest BCUT2D eigenvalue weighted by Gasteiger charge is 2.22. The lowest BCUT2D eigenvalue weighted by molar-refractivity contribution is 0.468. The van der Waals surface area contributed by atoms with Crippen molar-refractivity contribution < 1.29 is 8.42 Å². The Hall–Kier alpha value is -0.890. The van der Waals surface area contributed by atoms with Gasteiger partial charge in [-0.3, -0.25) is 0 Å². The van der Waals surface area contributed by atoms with Gasteiger partial charge in [0.05, 0.1) is 0 Å². The van der Waals surface area contributed by atoms with Crippen LogP contribution in [0.5, 0.6) is 0 Å². The average molecular weight is 361 g/mol. The van der Waals surface area contributed by atoms with E-state index in [1.54, 1.807) is 12.4 Å². The molecular weight excluding hydrogens is 348 g/mol. The average Bonchev–Trinajstić information content (AvgIpc) is 2.76. The third-order valence-electron chi connectivity index (χ3n) is 2.55. The van der Waals surface area contributed by atoms with E-state index in [2.05, 4.69) is 15.9 Å². The van der Waals surface area contributed by atoms with Crippen molar-refractivity contribution in [3.05, 3.63) is 45.7 Å². The normalized spacial score (nSPS) is 11.9.